The molecule has 0 aromatic heterocycles. The minimum atomic E-state index is -3.99. The number of nitrogen functional groups attached to an aromatic ring is 1. The highest BCUT2D eigenvalue weighted by Crippen LogP contribution is 2.44. The minimum Gasteiger partial charge on any atom is -0.480 e. The lowest BCUT2D eigenvalue weighted by Crippen LogP contribution is -2.45. The van der Waals surface area contributed by atoms with Gasteiger partial charge in [0, 0.05) is 18.5 Å². The molecular formula is C21H28N5O7P. The van der Waals surface area contributed by atoms with E-state index >= 15 is 0 Å². The van der Waals surface area contributed by atoms with E-state index in [9.17, 15) is 19.3 Å². The summed E-state index contributed by atoms with van der Waals surface area (Å²) in [6.07, 6.45) is 2.43. The molecule has 13 heteroatoms. The molecule has 2 rings (SSSR count). The average Bonchev–Trinajstić information content (AvgIpc) is 3.27. The Balaban J connectivity index is 1.88. The number of hydrogen-bond acceptors (Lipinski definition) is 8. The minimum absolute atomic E-state index is 0.0456. The van der Waals surface area contributed by atoms with E-state index in [0.717, 1.165) is 5.56 Å². The Bertz CT molecular complexity index is 980. The highest BCUT2D eigenvalue weighted by molar-refractivity contribution is 7.51. The van der Waals surface area contributed by atoms with Crippen molar-refractivity contribution in [2.75, 3.05) is 19.8 Å². The van der Waals surface area contributed by atoms with Crippen LogP contribution in [0.3, 0.4) is 0 Å². The zero-order valence-electron chi connectivity index (χ0n) is 18.4. The fourth-order valence-electron chi connectivity index (χ4n) is 2.84. The number of nitrogens with two attached hydrogens (primary N) is 1. The Kier molecular flexibility index (Phi) is 10.1. The number of amidine groups is 1. The van der Waals surface area contributed by atoms with Gasteiger partial charge in [-0.15, -0.1) is 13.2 Å². The predicted octanol–water partition coefficient (Wildman–Crippen LogP) is 1.53. The van der Waals surface area contributed by atoms with E-state index in [-0.39, 0.29) is 32.0 Å². The van der Waals surface area contributed by atoms with Gasteiger partial charge in [-0.25, -0.2) is 9.65 Å². The second kappa shape index (κ2) is 12.8. The van der Waals surface area contributed by atoms with E-state index in [1.165, 1.54) is 12.2 Å². The van der Waals surface area contributed by atoms with Gasteiger partial charge in [0.1, 0.15) is 18.0 Å². The number of carbonyl (C=O) groups excluding carboxylic acids is 1. The number of carboxylic acid groups (broad SMARTS) is 1. The van der Waals surface area contributed by atoms with Gasteiger partial charge in [0.2, 0.25) is 5.91 Å². The van der Waals surface area contributed by atoms with E-state index in [1.807, 2.05) is 0 Å². The third-order valence-electron chi connectivity index (χ3n) is 4.52. The van der Waals surface area contributed by atoms with Gasteiger partial charge in [-0.05, 0) is 5.56 Å². The molecule has 0 saturated carbocycles. The lowest BCUT2D eigenvalue weighted by atomic mass is 10.0. The maximum Gasteiger partial charge on any atom is 0.406 e. The Morgan fingerprint density at radius 1 is 1.29 bits per heavy atom. The van der Waals surface area contributed by atoms with Gasteiger partial charge in [0.05, 0.1) is 25.3 Å². The van der Waals surface area contributed by atoms with Crippen LogP contribution in [0, 0.1) is 5.41 Å². The van der Waals surface area contributed by atoms with Gasteiger partial charge in [-0.3, -0.25) is 24.0 Å². The summed E-state index contributed by atoms with van der Waals surface area (Å²) in [6, 6.07) is 5.45. The van der Waals surface area contributed by atoms with Crippen molar-refractivity contribution < 1.29 is 33.1 Å². The number of aliphatic carboxylic acids is 1. The highest BCUT2D eigenvalue weighted by Gasteiger charge is 2.32. The number of hydrogen-bond donors (Lipinski definition) is 5. The number of carbonyl (C=O) groups is 2. The van der Waals surface area contributed by atoms with Gasteiger partial charge in [-0.2, -0.15) is 0 Å². The molecule has 0 spiro atoms. The molecule has 12 nitrogen and oxygen atoms in total. The Labute approximate surface area is 196 Å². The van der Waals surface area contributed by atoms with E-state index < -0.39 is 31.8 Å². The lowest BCUT2D eigenvalue weighted by Gasteiger charge is -2.22. The number of benzene rings is 1. The quantitative estimate of drug-likeness (QED) is 0.105. The molecule has 1 amide bonds. The van der Waals surface area contributed by atoms with Crippen molar-refractivity contribution in [3.8, 4) is 0 Å². The monoisotopic (exact) mass is 493 g/mol. The van der Waals surface area contributed by atoms with Crippen molar-refractivity contribution in [1.29, 1.82) is 5.41 Å². The van der Waals surface area contributed by atoms with E-state index in [2.05, 4.69) is 28.7 Å². The summed E-state index contributed by atoms with van der Waals surface area (Å²) in [6.45, 7) is 6.23. The van der Waals surface area contributed by atoms with Crippen LogP contribution in [0.5, 0.6) is 0 Å². The van der Waals surface area contributed by atoms with Gasteiger partial charge in [-0.1, -0.05) is 41.6 Å². The second-order valence-electron chi connectivity index (χ2n) is 7.16. The van der Waals surface area contributed by atoms with Crippen molar-refractivity contribution in [2.24, 2.45) is 10.9 Å². The molecule has 1 aliphatic rings. The van der Waals surface area contributed by atoms with Crippen molar-refractivity contribution in [1.82, 2.24) is 10.4 Å². The third-order valence-corrected chi connectivity index (χ3v) is 6.12. The molecule has 0 saturated heterocycles. The SMILES string of the molecule is C=CCOP(=O)(NC(CNC(=O)CC1CC(c2ccc(C(=N)N)cc2)=NO1)C(=O)O)OCC=C. The van der Waals surface area contributed by atoms with Crippen molar-refractivity contribution in [3.63, 3.8) is 0 Å². The summed E-state index contributed by atoms with van der Waals surface area (Å²) in [7, 11) is -3.99. The van der Waals surface area contributed by atoms with Crippen LogP contribution < -0.4 is 16.1 Å². The molecule has 2 atom stereocenters. The molecule has 0 aliphatic carbocycles. The van der Waals surface area contributed by atoms with Crippen LogP contribution in [-0.4, -0.2) is 60.4 Å². The Morgan fingerprint density at radius 2 is 1.91 bits per heavy atom. The van der Waals surface area contributed by atoms with Gasteiger partial charge < -0.3 is 21.0 Å². The summed E-state index contributed by atoms with van der Waals surface area (Å²) in [5.74, 6) is -1.88. The van der Waals surface area contributed by atoms with Crippen molar-refractivity contribution in [2.45, 2.75) is 25.0 Å². The Morgan fingerprint density at radius 3 is 2.44 bits per heavy atom. The molecule has 1 aromatic carbocycles. The summed E-state index contributed by atoms with van der Waals surface area (Å²) < 4.78 is 22.9. The fraction of sp³-hybridized carbons (Fsp3) is 0.333. The van der Waals surface area contributed by atoms with Crippen LogP contribution in [0.1, 0.15) is 24.0 Å². The molecular weight excluding hydrogens is 465 g/mol. The molecule has 1 aromatic rings. The van der Waals surface area contributed by atoms with Crippen LogP contribution in [0.15, 0.2) is 54.7 Å². The van der Waals surface area contributed by atoms with Gasteiger partial charge in [0.15, 0.2) is 0 Å². The molecule has 0 fully saturated rings. The summed E-state index contributed by atoms with van der Waals surface area (Å²) in [5, 5.41) is 25.7. The van der Waals surface area contributed by atoms with Gasteiger partial charge in [0.25, 0.3) is 0 Å². The highest BCUT2D eigenvalue weighted by atomic mass is 31.2. The first-order chi connectivity index (χ1) is 16.2. The second-order valence-corrected chi connectivity index (χ2v) is 8.92. The number of amides is 1. The average molecular weight is 493 g/mol. The topological polar surface area (TPSA) is 185 Å². The van der Waals surface area contributed by atoms with E-state index in [4.69, 9.17) is 25.0 Å². The van der Waals surface area contributed by atoms with E-state index in [1.54, 1.807) is 24.3 Å². The summed E-state index contributed by atoms with van der Waals surface area (Å²) >= 11 is 0. The number of carboxylic acids is 1. The number of oxime groups is 1. The molecule has 0 bridgehead atoms. The molecule has 6 N–H and O–H groups in total. The molecule has 1 heterocycles. The van der Waals surface area contributed by atoms with Crippen LogP contribution in [-0.2, 0) is 28.0 Å². The van der Waals surface area contributed by atoms with Crippen LogP contribution in [0.2, 0.25) is 0 Å². The number of nitrogens with zero attached hydrogens (tertiary/aromatic N) is 1. The zero-order chi connectivity index (χ0) is 25.1. The zero-order valence-corrected chi connectivity index (χ0v) is 19.3. The first kappa shape index (κ1) is 26.9. The summed E-state index contributed by atoms with van der Waals surface area (Å²) in [5.41, 5.74) is 7.44. The largest absolute Gasteiger partial charge is 0.480 e. The van der Waals surface area contributed by atoms with Crippen LogP contribution in [0.4, 0.5) is 0 Å². The smallest absolute Gasteiger partial charge is 0.406 e. The lowest BCUT2D eigenvalue weighted by molar-refractivity contribution is -0.139. The molecule has 0 radical (unpaired) electrons. The maximum atomic E-state index is 12.7. The third kappa shape index (κ3) is 8.23. The Hall–Kier alpha value is -3.31. The van der Waals surface area contributed by atoms with E-state index in [0.29, 0.717) is 17.7 Å². The molecule has 1 aliphatic heterocycles. The first-order valence-electron chi connectivity index (χ1n) is 10.2. The predicted molar refractivity (Wildman–Crippen MR) is 126 cm³/mol. The summed E-state index contributed by atoms with van der Waals surface area (Å²) in [4.78, 5) is 29.3. The molecule has 184 valence electrons. The van der Waals surface area contributed by atoms with Crippen molar-refractivity contribution >= 4 is 31.2 Å². The van der Waals surface area contributed by atoms with Crippen LogP contribution in [0.25, 0.3) is 0 Å². The van der Waals surface area contributed by atoms with Gasteiger partial charge >= 0.3 is 13.7 Å². The number of nitrogens with one attached hydrogen (secondary N) is 3. The standard InChI is InChI=1S/C21H28N5O7P/c1-3-9-31-34(30,32-10-4-2)26-18(21(28)29)13-24-19(27)12-16-11-17(25-33-16)14-5-7-15(8-6-14)20(22)23/h3-8,16,18H,1-2,9-13H2,(H3,22,23)(H,24,27)(H,26,30)(H,28,29). The number of rotatable bonds is 15. The first-order valence-corrected chi connectivity index (χ1v) is 11.8. The van der Waals surface area contributed by atoms with Crippen molar-refractivity contribution in [3.05, 3.63) is 60.7 Å². The maximum absolute atomic E-state index is 12.7. The van der Waals surface area contributed by atoms with Crippen LogP contribution >= 0.6 is 7.75 Å². The molecule has 2 unspecified atom stereocenters. The molecule has 34 heavy (non-hydrogen) atoms. The fourth-order valence-corrected chi connectivity index (χ4v) is 4.25. The normalized spacial score (nSPS) is 16.1.